The summed E-state index contributed by atoms with van der Waals surface area (Å²) in [6, 6.07) is 12.6. The Morgan fingerprint density at radius 2 is 1.83 bits per heavy atom. The van der Waals surface area contributed by atoms with E-state index in [4.69, 9.17) is 0 Å². The number of nitrogens with one attached hydrogen (secondary N) is 2. The normalized spacial score (nSPS) is 10.3. The molecule has 0 unspecified atom stereocenters. The van der Waals surface area contributed by atoms with Crippen LogP contribution in [0.3, 0.4) is 0 Å². The van der Waals surface area contributed by atoms with E-state index >= 15 is 0 Å². The molecule has 114 valence electrons. The average molecular weight is 309 g/mol. The van der Waals surface area contributed by atoms with E-state index in [9.17, 15) is 14.9 Å². The molecule has 8 nitrogen and oxygen atoms in total. The van der Waals surface area contributed by atoms with Crippen LogP contribution in [0, 0.1) is 10.1 Å². The number of amides is 2. The van der Waals surface area contributed by atoms with E-state index in [1.54, 1.807) is 24.3 Å². The van der Waals surface area contributed by atoms with Gasteiger partial charge in [0.15, 0.2) is 5.82 Å². The summed E-state index contributed by atoms with van der Waals surface area (Å²) < 4.78 is 0. The van der Waals surface area contributed by atoms with Crippen LogP contribution in [0.1, 0.15) is 0 Å². The smallest absolute Gasteiger partial charge is 0.308 e. The number of carbonyl (C=O) groups excluding carboxylic acids is 1. The maximum Gasteiger partial charge on any atom is 0.324 e. The van der Waals surface area contributed by atoms with Gasteiger partial charge in [-0.15, -0.1) is 0 Å². The van der Waals surface area contributed by atoms with Gasteiger partial charge in [-0.25, -0.2) is 9.78 Å². The minimum Gasteiger partial charge on any atom is -0.308 e. The Morgan fingerprint density at radius 3 is 2.57 bits per heavy atom. The molecule has 2 aromatic carbocycles. The Bertz CT molecular complexity index is 883. The molecule has 3 aromatic rings. The predicted octanol–water partition coefficient (Wildman–Crippen LogP) is 3.18. The highest BCUT2D eigenvalue weighted by molar-refractivity contribution is 5.99. The molecule has 0 saturated heterocycles. The minimum absolute atomic E-state index is 0.0855. The number of carbonyl (C=O) groups is 1. The van der Waals surface area contributed by atoms with Crippen LogP contribution in [0.4, 0.5) is 22.0 Å². The second-order valence-corrected chi connectivity index (χ2v) is 4.63. The van der Waals surface area contributed by atoms with E-state index in [2.05, 4.69) is 20.6 Å². The first-order chi connectivity index (χ1) is 11.1. The van der Waals surface area contributed by atoms with Gasteiger partial charge in [0.2, 0.25) is 0 Å². The number of hydrogen-bond acceptors (Lipinski definition) is 5. The fourth-order valence-electron chi connectivity index (χ4n) is 1.97. The van der Waals surface area contributed by atoms with E-state index in [0.29, 0.717) is 16.7 Å². The van der Waals surface area contributed by atoms with Crippen LogP contribution in [0.2, 0.25) is 0 Å². The van der Waals surface area contributed by atoms with E-state index in [-0.39, 0.29) is 11.5 Å². The van der Waals surface area contributed by atoms with Crippen LogP contribution in [-0.4, -0.2) is 20.9 Å². The first-order valence-electron chi connectivity index (χ1n) is 6.66. The van der Waals surface area contributed by atoms with Gasteiger partial charge in [0.05, 0.1) is 22.2 Å². The summed E-state index contributed by atoms with van der Waals surface area (Å²) in [6.07, 6.45) is 1.39. The maximum atomic E-state index is 11.9. The number of urea groups is 1. The first kappa shape index (κ1) is 14.4. The lowest BCUT2D eigenvalue weighted by Crippen LogP contribution is -2.20. The summed E-state index contributed by atoms with van der Waals surface area (Å²) in [5.74, 6) is 0.200. The Morgan fingerprint density at radius 1 is 1.04 bits per heavy atom. The number of hydrogen-bond donors (Lipinski definition) is 2. The molecule has 23 heavy (non-hydrogen) atoms. The molecule has 0 spiro atoms. The molecule has 0 bridgehead atoms. The van der Waals surface area contributed by atoms with Crippen molar-refractivity contribution in [3.63, 3.8) is 0 Å². The molecule has 1 heterocycles. The number of non-ortho nitro benzene ring substituents is 1. The van der Waals surface area contributed by atoms with Crippen LogP contribution in [0.25, 0.3) is 11.0 Å². The molecular formula is C15H11N5O3. The molecular weight excluding hydrogens is 298 g/mol. The standard InChI is InChI=1S/C15H11N5O3/c21-15(17-10-4-2-1-3-5-10)19-14-9-16-12-7-6-11(20(22)23)8-13(12)18-14/h1-9H,(H2,17,18,19,21). The zero-order chi connectivity index (χ0) is 16.2. The molecule has 0 aliphatic heterocycles. The van der Waals surface area contributed by atoms with Crippen LogP contribution >= 0.6 is 0 Å². The number of aromatic nitrogens is 2. The van der Waals surface area contributed by atoms with Gasteiger partial charge < -0.3 is 5.32 Å². The number of benzene rings is 2. The molecule has 2 amide bonds. The Hall–Kier alpha value is -3.55. The van der Waals surface area contributed by atoms with Crippen LogP contribution in [0.15, 0.2) is 54.7 Å². The molecule has 2 N–H and O–H groups in total. The third kappa shape index (κ3) is 3.38. The van der Waals surface area contributed by atoms with Crippen molar-refractivity contribution in [1.82, 2.24) is 9.97 Å². The van der Waals surface area contributed by atoms with Crippen molar-refractivity contribution >= 4 is 34.3 Å². The van der Waals surface area contributed by atoms with Gasteiger partial charge in [-0.3, -0.25) is 20.4 Å². The minimum atomic E-state index is -0.511. The van der Waals surface area contributed by atoms with Gasteiger partial charge in [-0.2, -0.15) is 0 Å². The van der Waals surface area contributed by atoms with E-state index in [1.807, 2.05) is 6.07 Å². The zero-order valence-corrected chi connectivity index (χ0v) is 11.8. The lowest BCUT2D eigenvalue weighted by atomic mass is 10.2. The molecule has 0 aliphatic carbocycles. The number of rotatable bonds is 3. The quantitative estimate of drug-likeness (QED) is 0.570. The van der Waals surface area contributed by atoms with Crippen molar-refractivity contribution in [2.24, 2.45) is 0 Å². The summed E-state index contributed by atoms with van der Waals surface area (Å²) in [6.45, 7) is 0. The third-order valence-electron chi connectivity index (χ3n) is 3.01. The molecule has 8 heteroatoms. The average Bonchev–Trinajstić information content (AvgIpc) is 2.55. The largest absolute Gasteiger partial charge is 0.324 e. The highest BCUT2D eigenvalue weighted by Gasteiger charge is 2.09. The number of nitro benzene ring substituents is 1. The SMILES string of the molecule is O=C(Nc1ccccc1)Nc1cnc2ccc([N+](=O)[O-])cc2n1. The lowest BCUT2D eigenvalue weighted by Gasteiger charge is -2.07. The third-order valence-corrected chi connectivity index (χ3v) is 3.01. The van der Waals surface area contributed by atoms with E-state index < -0.39 is 11.0 Å². The Labute approximate surface area is 130 Å². The second kappa shape index (κ2) is 6.06. The van der Waals surface area contributed by atoms with Crippen molar-refractivity contribution < 1.29 is 9.72 Å². The molecule has 1 aromatic heterocycles. The number of fused-ring (bicyclic) bond motifs is 1. The fraction of sp³-hybridized carbons (Fsp3) is 0. The molecule has 3 rings (SSSR count). The second-order valence-electron chi connectivity index (χ2n) is 4.63. The fourth-order valence-corrected chi connectivity index (χ4v) is 1.97. The van der Waals surface area contributed by atoms with E-state index in [1.165, 1.54) is 24.4 Å². The Balaban J connectivity index is 1.79. The van der Waals surface area contributed by atoms with Gasteiger partial charge in [0, 0.05) is 17.8 Å². The maximum absolute atomic E-state index is 11.9. The van der Waals surface area contributed by atoms with Crippen molar-refractivity contribution in [2.75, 3.05) is 10.6 Å². The Kier molecular flexibility index (Phi) is 3.79. The molecule has 0 saturated carbocycles. The monoisotopic (exact) mass is 309 g/mol. The number of nitro groups is 1. The number of para-hydroxylation sites is 1. The summed E-state index contributed by atoms with van der Waals surface area (Å²) >= 11 is 0. The van der Waals surface area contributed by atoms with Crippen molar-refractivity contribution in [3.05, 3.63) is 64.8 Å². The zero-order valence-electron chi connectivity index (χ0n) is 11.8. The van der Waals surface area contributed by atoms with Crippen LogP contribution in [-0.2, 0) is 0 Å². The number of nitrogens with zero attached hydrogens (tertiary/aromatic N) is 3. The van der Waals surface area contributed by atoms with Gasteiger partial charge in [0.25, 0.3) is 5.69 Å². The van der Waals surface area contributed by atoms with Gasteiger partial charge in [0.1, 0.15) is 0 Å². The number of anilines is 2. The lowest BCUT2D eigenvalue weighted by molar-refractivity contribution is -0.384. The first-order valence-corrected chi connectivity index (χ1v) is 6.66. The van der Waals surface area contributed by atoms with Crippen LogP contribution in [0.5, 0.6) is 0 Å². The molecule has 0 radical (unpaired) electrons. The summed E-state index contributed by atoms with van der Waals surface area (Å²) in [4.78, 5) is 30.4. The summed E-state index contributed by atoms with van der Waals surface area (Å²) in [7, 11) is 0. The molecule has 0 atom stereocenters. The van der Waals surface area contributed by atoms with Gasteiger partial charge in [-0.1, -0.05) is 18.2 Å². The molecule has 0 aliphatic rings. The van der Waals surface area contributed by atoms with Gasteiger partial charge in [-0.05, 0) is 18.2 Å². The van der Waals surface area contributed by atoms with Gasteiger partial charge >= 0.3 is 6.03 Å². The summed E-state index contributed by atoms with van der Waals surface area (Å²) in [5, 5.41) is 16.0. The highest BCUT2D eigenvalue weighted by atomic mass is 16.6. The highest BCUT2D eigenvalue weighted by Crippen LogP contribution is 2.19. The van der Waals surface area contributed by atoms with Crippen LogP contribution < -0.4 is 10.6 Å². The van der Waals surface area contributed by atoms with Crippen molar-refractivity contribution in [2.45, 2.75) is 0 Å². The predicted molar refractivity (Wildman–Crippen MR) is 85.3 cm³/mol. The van der Waals surface area contributed by atoms with E-state index in [0.717, 1.165) is 0 Å². The topological polar surface area (TPSA) is 110 Å². The molecule has 0 fully saturated rings. The summed E-state index contributed by atoms with van der Waals surface area (Å²) in [5.41, 5.74) is 1.38. The van der Waals surface area contributed by atoms with Crippen molar-refractivity contribution in [3.8, 4) is 0 Å². The van der Waals surface area contributed by atoms with Crippen molar-refractivity contribution in [1.29, 1.82) is 0 Å².